The molecule has 1 unspecified atom stereocenters. The summed E-state index contributed by atoms with van der Waals surface area (Å²) in [7, 11) is 0. The van der Waals surface area contributed by atoms with Gasteiger partial charge in [-0.3, -0.25) is 0 Å². The summed E-state index contributed by atoms with van der Waals surface area (Å²) in [5.74, 6) is 0.840. The third kappa shape index (κ3) is 3.17. The molecule has 0 radical (unpaired) electrons. The second kappa shape index (κ2) is 6.17. The Labute approximate surface area is 133 Å². The third-order valence-corrected chi connectivity index (χ3v) is 4.08. The van der Waals surface area contributed by atoms with E-state index in [1.165, 1.54) is 0 Å². The highest BCUT2D eigenvalue weighted by Gasteiger charge is 2.26. The molecular weight excluding hydrogens is 338 g/mol. The maximum Gasteiger partial charge on any atom is 0.119 e. The second-order valence-electron chi connectivity index (χ2n) is 4.78. The lowest BCUT2D eigenvalue weighted by Gasteiger charge is -2.27. The average Bonchev–Trinajstić information content (AvgIpc) is 2.42. The lowest BCUT2D eigenvalue weighted by atomic mass is 9.85. The summed E-state index contributed by atoms with van der Waals surface area (Å²) in [6.45, 7) is 4.56. The van der Waals surface area contributed by atoms with Gasteiger partial charge in [-0.05, 0) is 55.3 Å². The van der Waals surface area contributed by atoms with Crippen molar-refractivity contribution in [2.75, 3.05) is 6.61 Å². The minimum Gasteiger partial charge on any atom is -0.494 e. The van der Waals surface area contributed by atoms with Crippen LogP contribution in [0.5, 0.6) is 5.75 Å². The molecule has 20 heavy (non-hydrogen) atoms. The molecule has 0 aliphatic heterocycles. The van der Waals surface area contributed by atoms with E-state index in [0.29, 0.717) is 11.6 Å². The highest BCUT2D eigenvalue weighted by molar-refractivity contribution is 9.10. The molecule has 0 spiro atoms. The van der Waals surface area contributed by atoms with Crippen LogP contribution in [0.4, 0.5) is 0 Å². The Hall–Kier alpha value is -1.03. The first-order chi connectivity index (χ1) is 9.45. The molecule has 2 aromatic carbocycles. The van der Waals surface area contributed by atoms with E-state index in [-0.39, 0.29) is 0 Å². The summed E-state index contributed by atoms with van der Waals surface area (Å²) in [4.78, 5) is 0. The lowest BCUT2D eigenvalue weighted by Crippen LogP contribution is -2.34. The molecule has 0 amide bonds. The van der Waals surface area contributed by atoms with Gasteiger partial charge in [0.15, 0.2) is 0 Å². The van der Waals surface area contributed by atoms with Crippen molar-refractivity contribution in [2.24, 2.45) is 5.73 Å². The zero-order chi connectivity index (χ0) is 14.8. The van der Waals surface area contributed by atoms with Crippen molar-refractivity contribution in [3.8, 4) is 5.75 Å². The summed E-state index contributed by atoms with van der Waals surface area (Å²) < 4.78 is 6.41. The van der Waals surface area contributed by atoms with E-state index in [0.717, 1.165) is 21.3 Å². The van der Waals surface area contributed by atoms with Crippen LogP contribution in [0.1, 0.15) is 25.0 Å². The van der Waals surface area contributed by atoms with E-state index < -0.39 is 5.54 Å². The van der Waals surface area contributed by atoms with Crippen LogP contribution in [0, 0.1) is 0 Å². The maximum absolute atomic E-state index is 6.51. The van der Waals surface area contributed by atoms with Crippen molar-refractivity contribution >= 4 is 27.5 Å². The van der Waals surface area contributed by atoms with Crippen LogP contribution in [0.25, 0.3) is 0 Å². The van der Waals surface area contributed by atoms with Gasteiger partial charge in [-0.25, -0.2) is 0 Å². The Balaban J connectivity index is 2.40. The number of nitrogens with two attached hydrogens (primary N) is 1. The van der Waals surface area contributed by atoms with Crippen LogP contribution in [0.2, 0.25) is 5.02 Å². The number of ether oxygens (including phenoxy) is 1. The topological polar surface area (TPSA) is 35.2 Å². The van der Waals surface area contributed by atoms with Gasteiger partial charge < -0.3 is 10.5 Å². The van der Waals surface area contributed by atoms with Gasteiger partial charge in [0.2, 0.25) is 0 Å². The number of hydrogen-bond donors (Lipinski definition) is 1. The Morgan fingerprint density at radius 3 is 2.45 bits per heavy atom. The molecule has 0 saturated heterocycles. The van der Waals surface area contributed by atoms with Gasteiger partial charge in [0.1, 0.15) is 5.75 Å². The van der Waals surface area contributed by atoms with E-state index in [9.17, 15) is 0 Å². The number of rotatable bonds is 4. The SMILES string of the molecule is CCOc1ccc(C(C)(N)c2cc(Br)ccc2Cl)cc1. The minimum atomic E-state index is -0.661. The standard InChI is InChI=1S/C16H17BrClNO/c1-3-20-13-7-4-11(5-8-13)16(2,19)14-10-12(17)6-9-15(14)18/h4-10H,3,19H2,1-2H3. The summed E-state index contributed by atoms with van der Waals surface area (Å²) in [5, 5.41) is 0.659. The summed E-state index contributed by atoms with van der Waals surface area (Å²) in [6, 6.07) is 13.5. The fourth-order valence-electron chi connectivity index (χ4n) is 2.12. The molecule has 0 bridgehead atoms. The smallest absolute Gasteiger partial charge is 0.119 e. The molecule has 0 saturated carbocycles. The van der Waals surface area contributed by atoms with Gasteiger partial charge in [-0.2, -0.15) is 0 Å². The molecular formula is C16H17BrClNO. The summed E-state index contributed by atoms with van der Waals surface area (Å²) >= 11 is 9.75. The Kier molecular flexibility index (Phi) is 4.74. The average molecular weight is 355 g/mol. The highest BCUT2D eigenvalue weighted by Crippen LogP contribution is 2.34. The van der Waals surface area contributed by atoms with Crippen LogP contribution in [-0.4, -0.2) is 6.61 Å². The molecule has 0 aliphatic rings. The van der Waals surface area contributed by atoms with Crippen LogP contribution < -0.4 is 10.5 Å². The van der Waals surface area contributed by atoms with Crippen molar-refractivity contribution < 1.29 is 4.74 Å². The van der Waals surface area contributed by atoms with Crippen molar-refractivity contribution in [3.05, 3.63) is 63.1 Å². The normalized spacial score (nSPS) is 13.8. The molecule has 0 heterocycles. The number of hydrogen-bond acceptors (Lipinski definition) is 2. The van der Waals surface area contributed by atoms with E-state index in [1.54, 1.807) is 0 Å². The first-order valence-electron chi connectivity index (χ1n) is 6.43. The molecule has 2 rings (SSSR count). The summed E-state index contributed by atoms with van der Waals surface area (Å²) in [6.07, 6.45) is 0. The Bertz CT molecular complexity index is 596. The largest absolute Gasteiger partial charge is 0.494 e. The molecule has 2 nitrogen and oxygen atoms in total. The lowest BCUT2D eigenvalue weighted by molar-refractivity contribution is 0.340. The molecule has 106 valence electrons. The molecule has 2 N–H and O–H groups in total. The van der Waals surface area contributed by atoms with Crippen LogP contribution in [0.15, 0.2) is 46.9 Å². The molecule has 0 fully saturated rings. The molecule has 0 aromatic heterocycles. The van der Waals surface area contributed by atoms with Crippen molar-refractivity contribution in [1.29, 1.82) is 0 Å². The van der Waals surface area contributed by atoms with E-state index in [2.05, 4.69) is 15.9 Å². The predicted octanol–water partition coefficient (Wildman–Crippen LogP) is 4.72. The first kappa shape index (κ1) is 15.4. The zero-order valence-electron chi connectivity index (χ0n) is 11.5. The quantitative estimate of drug-likeness (QED) is 0.862. The predicted molar refractivity (Wildman–Crippen MR) is 87.4 cm³/mol. The van der Waals surface area contributed by atoms with Gasteiger partial charge >= 0.3 is 0 Å². The van der Waals surface area contributed by atoms with Crippen LogP contribution in [-0.2, 0) is 5.54 Å². The first-order valence-corrected chi connectivity index (χ1v) is 7.60. The minimum absolute atomic E-state index is 0.650. The van der Waals surface area contributed by atoms with E-state index in [1.807, 2.05) is 56.3 Å². The van der Waals surface area contributed by atoms with Crippen molar-refractivity contribution in [1.82, 2.24) is 0 Å². The van der Waals surface area contributed by atoms with E-state index >= 15 is 0 Å². The number of benzene rings is 2. The summed E-state index contributed by atoms with van der Waals surface area (Å²) in [5.41, 5.74) is 7.72. The Morgan fingerprint density at radius 1 is 1.20 bits per heavy atom. The van der Waals surface area contributed by atoms with E-state index in [4.69, 9.17) is 22.1 Å². The fourth-order valence-corrected chi connectivity index (χ4v) is 2.79. The maximum atomic E-state index is 6.51. The Morgan fingerprint density at radius 2 is 1.85 bits per heavy atom. The van der Waals surface area contributed by atoms with Gasteiger partial charge in [-0.1, -0.05) is 39.7 Å². The fraction of sp³-hybridized carbons (Fsp3) is 0.250. The molecule has 2 aromatic rings. The van der Waals surface area contributed by atoms with Crippen molar-refractivity contribution in [3.63, 3.8) is 0 Å². The monoisotopic (exact) mass is 353 g/mol. The van der Waals surface area contributed by atoms with Gasteiger partial charge in [0, 0.05) is 9.50 Å². The second-order valence-corrected chi connectivity index (χ2v) is 6.11. The van der Waals surface area contributed by atoms with Gasteiger partial charge in [-0.15, -0.1) is 0 Å². The number of halogens is 2. The molecule has 4 heteroatoms. The zero-order valence-corrected chi connectivity index (χ0v) is 13.8. The third-order valence-electron chi connectivity index (χ3n) is 3.25. The van der Waals surface area contributed by atoms with Crippen LogP contribution in [0.3, 0.4) is 0 Å². The van der Waals surface area contributed by atoms with Gasteiger partial charge in [0.25, 0.3) is 0 Å². The molecule has 1 atom stereocenters. The van der Waals surface area contributed by atoms with Crippen LogP contribution >= 0.6 is 27.5 Å². The molecule has 0 aliphatic carbocycles. The van der Waals surface area contributed by atoms with Gasteiger partial charge in [0.05, 0.1) is 12.1 Å². The van der Waals surface area contributed by atoms with Crippen molar-refractivity contribution in [2.45, 2.75) is 19.4 Å². The highest BCUT2D eigenvalue weighted by atomic mass is 79.9.